The number of benzene rings is 1. The van der Waals surface area contributed by atoms with E-state index >= 15 is 0 Å². The summed E-state index contributed by atoms with van der Waals surface area (Å²) in [5.74, 6) is 0.721. The van der Waals surface area contributed by atoms with E-state index in [2.05, 4.69) is 24.8 Å². The van der Waals surface area contributed by atoms with Crippen LogP contribution >= 0.6 is 11.6 Å². The number of aromatic amines is 1. The Morgan fingerprint density at radius 3 is 3.00 bits per heavy atom. The summed E-state index contributed by atoms with van der Waals surface area (Å²) in [5, 5.41) is 12.0. The fraction of sp³-hybridized carbons (Fsp3) is 0.360. The second kappa shape index (κ2) is 9.19. The van der Waals surface area contributed by atoms with Gasteiger partial charge in [0, 0.05) is 50.4 Å². The Balaban J connectivity index is 1.23. The Bertz CT molecular complexity index is 1340. The number of aryl methyl sites for hydroxylation is 1. The van der Waals surface area contributed by atoms with E-state index in [0.29, 0.717) is 30.8 Å². The number of rotatable bonds is 6. The second-order valence-corrected chi connectivity index (χ2v) is 9.48. The lowest BCUT2D eigenvalue weighted by atomic mass is 9.91. The number of carbonyl (C=O) groups excluding carboxylic acids is 1. The molecule has 1 amide bonds. The second-order valence-electron chi connectivity index (χ2n) is 9.05. The number of halogens is 1. The molecule has 176 valence electrons. The molecule has 5 rings (SSSR count). The minimum atomic E-state index is -0.997. The predicted octanol–water partition coefficient (Wildman–Crippen LogP) is 3.58. The zero-order chi connectivity index (χ0) is 23.7. The fourth-order valence-corrected chi connectivity index (χ4v) is 4.94. The first-order valence-corrected chi connectivity index (χ1v) is 11.8. The molecule has 1 aromatic carbocycles. The van der Waals surface area contributed by atoms with E-state index in [4.69, 9.17) is 11.6 Å². The predicted molar refractivity (Wildman–Crippen MR) is 133 cm³/mol. The van der Waals surface area contributed by atoms with E-state index in [9.17, 15) is 9.90 Å². The summed E-state index contributed by atoms with van der Waals surface area (Å²) in [6.45, 7) is 1.53. The topological polar surface area (TPSA) is 98.2 Å². The number of nitrogens with zero attached hydrogens (tertiary/aromatic N) is 5. The van der Waals surface area contributed by atoms with Crippen LogP contribution in [0.25, 0.3) is 22.1 Å². The minimum Gasteiger partial charge on any atom is -0.386 e. The highest BCUT2D eigenvalue weighted by Gasteiger charge is 2.36. The van der Waals surface area contributed by atoms with Gasteiger partial charge in [-0.05, 0) is 49.2 Å². The number of aromatic nitrogens is 4. The molecule has 0 radical (unpaired) electrons. The van der Waals surface area contributed by atoms with Gasteiger partial charge in [0.2, 0.25) is 5.91 Å². The average Bonchev–Trinajstić information content (AvgIpc) is 3.24. The van der Waals surface area contributed by atoms with Gasteiger partial charge in [-0.15, -0.1) is 0 Å². The monoisotopic (exact) mass is 478 g/mol. The van der Waals surface area contributed by atoms with Crippen molar-refractivity contribution in [3.8, 4) is 0 Å². The Labute approximate surface area is 202 Å². The van der Waals surface area contributed by atoms with Crippen LogP contribution in [-0.4, -0.2) is 68.1 Å². The molecule has 2 N–H and O–H groups in total. The van der Waals surface area contributed by atoms with Crippen molar-refractivity contribution in [2.75, 3.05) is 31.6 Å². The molecule has 3 aromatic heterocycles. The van der Waals surface area contributed by atoms with Gasteiger partial charge in [0.15, 0.2) is 0 Å². The molecule has 1 aliphatic heterocycles. The first-order valence-electron chi connectivity index (χ1n) is 11.5. The standard InChI is InChI=1S/C25H27ClN6O2/c1-31(23(33)8-7-22-29-18-6-5-17(26)14-20(18)30-22)15-25(34)10-3-13-32(16-25)21-9-12-27-19-4-2-11-28-24(19)21/h2,4-6,9,11-12,14,34H,3,7-8,10,13,15-16H2,1H3,(H,29,30)/t25-/m1/s1. The van der Waals surface area contributed by atoms with Gasteiger partial charge in [0.05, 0.1) is 34.4 Å². The normalized spacial score (nSPS) is 18.5. The van der Waals surface area contributed by atoms with Crippen LogP contribution in [-0.2, 0) is 11.2 Å². The molecule has 1 aliphatic rings. The number of imidazole rings is 1. The van der Waals surface area contributed by atoms with Crippen LogP contribution in [0.5, 0.6) is 0 Å². The lowest BCUT2D eigenvalue weighted by Crippen LogP contribution is -2.54. The van der Waals surface area contributed by atoms with Gasteiger partial charge < -0.3 is 19.9 Å². The first-order chi connectivity index (χ1) is 16.4. The lowest BCUT2D eigenvalue weighted by molar-refractivity contribution is -0.133. The number of aliphatic hydroxyl groups is 1. The van der Waals surface area contributed by atoms with Gasteiger partial charge in [0.1, 0.15) is 11.3 Å². The van der Waals surface area contributed by atoms with Crippen molar-refractivity contribution >= 4 is 45.3 Å². The Morgan fingerprint density at radius 1 is 1.24 bits per heavy atom. The third-order valence-corrected chi connectivity index (χ3v) is 6.63. The van der Waals surface area contributed by atoms with Crippen LogP contribution in [0, 0.1) is 0 Å². The quantitative estimate of drug-likeness (QED) is 0.439. The van der Waals surface area contributed by atoms with Crippen LogP contribution in [0.4, 0.5) is 5.69 Å². The number of hydrogen-bond donors (Lipinski definition) is 2. The molecule has 4 heterocycles. The van der Waals surface area contributed by atoms with Crippen LogP contribution in [0.1, 0.15) is 25.1 Å². The van der Waals surface area contributed by atoms with Crippen molar-refractivity contribution in [3.63, 3.8) is 0 Å². The van der Waals surface area contributed by atoms with E-state index < -0.39 is 5.60 Å². The van der Waals surface area contributed by atoms with Crippen molar-refractivity contribution in [1.82, 2.24) is 24.8 Å². The summed E-state index contributed by atoms with van der Waals surface area (Å²) in [6, 6.07) is 11.2. The van der Waals surface area contributed by atoms with E-state index in [-0.39, 0.29) is 12.5 Å². The van der Waals surface area contributed by atoms with E-state index in [1.165, 1.54) is 0 Å². The van der Waals surface area contributed by atoms with Gasteiger partial charge >= 0.3 is 0 Å². The summed E-state index contributed by atoms with van der Waals surface area (Å²) in [7, 11) is 1.75. The summed E-state index contributed by atoms with van der Waals surface area (Å²) < 4.78 is 0. The number of pyridine rings is 2. The van der Waals surface area contributed by atoms with Gasteiger partial charge in [-0.1, -0.05) is 11.6 Å². The highest BCUT2D eigenvalue weighted by Crippen LogP contribution is 2.30. The molecule has 0 bridgehead atoms. The Morgan fingerprint density at radius 2 is 2.12 bits per heavy atom. The molecule has 0 aliphatic carbocycles. The maximum atomic E-state index is 12.8. The van der Waals surface area contributed by atoms with Crippen LogP contribution < -0.4 is 4.90 Å². The van der Waals surface area contributed by atoms with Crippen molar-refractivity contribution in [1.29, 1.82) is 0 Å². The Hall–Kier alpha value is -3.23. The van der Waals surface area contributed by atoms with Crippen LogP contribution in [0.2, 0.25) is 5.02 Å². The Kier molecular flexibility index (Phi) is 6.10. The van der Waals surface area contributed by atoms with E-state index in [1.807, 2.05) is 30.3 Å². The third-order valence-electron chi connectivity index (χ3n) is 6.40. The van der Waals surface area contributed by atoms with E-state index in [1.54, 1.807) is 30.4 Å². The molecule has 4 aromatic rings. The highest BCUT2D eigenvalue weighted by molar-refractivity contribution is 6.31. The molecular weight excluding hydrogens is 452 g/mol. The number of anilines is 1. The summed E-state index contributed by atoms with van der Waals surface area (Å²) >= 11 is 6.04. The SMILES string of the molecule is CN(C[C@]1(O)CCCN(c2ccnc3cccnc23)C1)C(=O)CCc1nc2ccc(Cl)cc2[nH]1. The number of H-pyrrole nitrogens is 1. The molecule has 34 heavy (non-hydrogen) atoms. The molecule has 1 atom stereocenters. The third kappa shape index (κ3) is 4.69. The van der Waals surface area contributed by atoms with Crippen molar-refractivity contribution in [2.45, 2.75) is 31.3 Å². The number of piperidine rings is 1. The number of nitrogens with one attached hydrogen (secondary N) is 1. The van der Waals surface area contributed by atoms with Crippen molar-refractivity contribution < 1.29 is 9.90 Å². The molecule has 1 saturated heterocycles. The zero-order valence-electron chi connectivity index (χ0n) is 19.0. The van der Waals surface area contributed by atoms with Crippen LogP contribution in [0.3, 0.4) is 0 Å². The van der Waals surface area contributed by atoms with Crippen LogP contribution in [0.15, 0.2) is 48.8 Å². The summed E-state index contributed by atoms with van der Waals surface area (Å²) in [5.41, 5.74) is 3.30. The van der Waals surface area contributed by atoms with Gasteiger partial charge in [-0.3, -0.25) is 14.8 Å². The van der Waals surface area contributed by atoms with Crippen molar-refractivity contribution in [3.05, 3.63) is 59.6 Å². The molecular formula is C25H27ClN6O2. The number of β-amino-alcohol motifs (C(OH)–C–C–N with tert-alkyl or cyclic N) is 1. The molecule has 1 fully saturated rings. The first kappa shape index (κ1) is 22.6. The zero-order valence-corrected chi connectivity index (χ0v) is 19.8. The van der Waals surface area contributed by atoms with Gasteiger partial charge in [-0.2, -0.15) is 0 Å². The smallest absolute Gasteiger partial charge is 0.222 e. The lowest BCUT2D eigenvalue weighted by Gasteiger charge is -2.42. The average molecular weight is 479 g/mol. The highest BCUT2D eigenvalue weighted by atomic mass is 35.5. The summed E-state index contributed by atoms with van der Waals surface area (Å²) in [6.07, 6.45) is 5.80. The molecule has 0 saturated carbocycles. The number of likely N-dealkylation sites (N-methyl/N-ethyl adjacent to an activating group) is 1. The maximum absolute atomic E-state index is 12.8. The minimum absolute atomic E-state index is 0.0277. The molecule has 0 spiro atoms. The molecule has 0 unspecified atom stereocenters. The fourth-order valence-electron chi connectivity index (χ4n) is 4.77. The molecule has 8 nitrogen and oxygen atoms in total. The largest absolute Gasteiger partial charge is 0.386 e. The number of hydrogen-bond acceptors (Lipinski definition) is 6. The van der Waals surface area contributed by atoms with Gasteiger partial charge in [0.25, 0.3) is 0 Å². The maximum Gasteiger partial charge on any atom is 0.222 e. The number of fused-ring (bicyclic) bond motifs is 2. The van der Waals surface area contributed by atoms with Crippen molar-refractivity contribution in [2.24, 2.45) is 0 Å². The number of carbonyl (C=O) groups is 1. The number of amides is 1. The van der Waals surface area contributed by atoms with Gasteiger partial charge in [-0.25, -0.2) is 4.98 Å². The van der Waals surface area contributed by atoms with E-state index in [0.717, 1.165) is 46.5 Å². The molecule has 9 heteroatoms. The summed E-state index contributed by atoms with van der Waals surface area (Å²) in [4.78, 5) is 33.3.